The van der Waals surface area contributed by atoms with Crippen LogP contribution in [0.1, 0.15) is 20.8 Å². The molecule has 0 spiro atoms. The molecular weight excluding hydrogens is 194 g/mol. The summed E-state index contributed by atoms with van der Waals surface area (Å²) in [7, 11) is 0. The predicted molar refractivity (Wildman–Crippen MR) is 56.7 cm³/mol. The Hall–Kier alpha value is -1.66. The fraction of sp³-hybridized carbons (Fsp3) is 0.0909. The molecule has 14 heavy (non-hydrogen) atoms. The Morgan fingerprint density at radius 2 is 2.21 bits per heavy atom. The van der Waals surface area contributed by atoms with Gasteiger partial charge in [0.05, 0.1) is 16.5 Å². The highest BCUT2D eigenvalue weighted by atomic mass is 32.1. The van der Waals surface area contributed by atoms with Crippen molar-refractivity contribution in [1.29, 1.82) is 5.26 Å². The summed E-state index contributed by atoms with van der Waals surface area (Å²) in [6.45, 7) is 1.95. The van der Waals surface area contributed by atoms with Gasteiger partial charge in [0.1, 0.15) is 0 Å². The monoisotopic (exact) mass is 201 g/mol. The van der Waals surface area contributed by atoms with E-state index in [-0.39, 0.29) is 0 Å². The molecule has 1 aromatic heterocycles. The number of carbonyl (C=O) groups is 1. The second kappa shape index (κ2) is 3.24. The van der Waals surface area contributed by atoms with Crippen molar-refractivity contribution >= 4 is 27.7 Å². The number of hydrogen-bond acceptors (Lipinski definition) is 3. The molecule has 0 unspecified atom stereocenters. The highest BCUT2D eigenvalue weighted by molar-refractivity contribution is 7.20. The maximum Gasteiger partial charge on any atom is 0.160 e. The van der Waals surface area contributed by atoms with E-state index in [0.29, 0.717) is 10.4 Å². The topological polar surface area (TPSA) is 40.9 Å². The first-order valence-corrected chi connectivity index (χ1v) is 4.95. The average Bonchev–Trinajstić information content (AvgIpc) is 2.61. The largest absolute Gasteiger partial charge is 0.297 e. The number of hydrogen-bond donors (Lipinski definition) is 0. The summed E-state index contributed by atoms with van der Waals surface area (Å²) in [6.07, 6.45) is 0.843. The molecule has 2 rings (SSSR count). The Morgan fingerprint density at radius 3 is 2.86 bits per heavy atom. The van der Waals surface area contributed by atoms with Gasteiger partial charge in [-0.15, -0.1) is 11.3 Å². The minimum atomic E-state index is 0.644. The van der Waals surface area contributed by atoms with E-state index < -0.39 is 0 Å². The number of rotatable bonds is 1. The summed E-state index contributed by atoms with van der Waals surface area (Å²) in [5.41, 5.74) is 1.70. The van der Waals surface area contributed by atoms with Crippen LogP contribution in [0.15, 0.2) is 18.2 Å². The third kappa shape index (κ3) is 1.30. The summed E-state index contributed by atoms with van der Waals surface area (Å²) in [4.78, 5) is 11.3. The number of thiophene rings is 1. The van der Waals surface area contributed by atoms with Crippen LogP contribution < -0.4 is 0 Å². The van der Waals surface area contributed by atoms with Crippen molar-refractivity contribution in [2.75, 3.05) is 0 Å². The fourth-order valence-corrected chi connectivity index (χ4v) is 2.40. The Balaban J connectivity index is 2.81. The first kappa shape index (κ1) is 8.92. The van der Waals surface area contributed by atoms with Gasteiger partial charge in [0.15, 0.2) is 6.29 Å². The van der Waals surface area contributed by atoms with Gasteiger partial charge >= 0.3 is 0 Å². The second-order valence-corrected chi connectivity index (χ2v) is 4.17. The minimum Gasteiger partial charge on any atom is -0.297 e. The lowest BCUT2D eigenvalue weighted by Crippen LogP contribution is -1.76. The van der Waals surface area contributed by atoms with Gasteiger partial charge in [-0.2, -0.15) is 5.26 Å². The van der Waals surface area contributed by atoms with Crippen molar-refractivity contribution in [3.05, 3.63) is 34.2 Å². The number of carbonyl (C=O) groups excluding carboxylic acids is 1. The van der Waals surface area contributed by atoms with Crippen LogP contribution in [0, 0.1) is 18.3 Å². The van der Waals surface area contributed by atoms with E-state index in [1.165, 1.54) is 11.3 Å². The molecule has 3 heteroatoms. The van der Waals surface area contributed by atoms with E-state index in [2.05, 4.69) is 6.07 Å². The van der Waals surface area contributed by atoms with Gasteiger partial charge in [-0.25, -0.2) is 0 Å². The third-order valence-electron chi connectivity index (χ3n) is 2.07. The Kier molecular flexibility index (Phi) is 2.06. The first-order chi connectivity index (χ1) is 6.74. The molecule has 0 aliphatic carbocycles. The van der Waals surface area contributed by atoms with Crippen molar-refractivity contribution in [2.45, 2.75) is 6.92 Å². The van der Waals surface area contributed by atoms with E-state index >= 15 is 0 Å². The quantitative estimate of drug-likeness (QED) is 0.665. The lowest BCUT2D eigenvalue weighted by molar-refractivity contribution is 0.112. The van der Waals surface area contributed by atoms with Crippen molar-refractivity contribution < 1.29 is 4.79 Å². The van der Waals surface area contributed by atoms with Crippen LogP contribution >= 0.6 is 11.3 Å². The van der Waals surface area contributed by atoms with E-state index in [1.807, 2.05) is 25.1 Å². The molecule has 0 amide bonds. The molecule has 0 aliphatic rings. The van der Waals surface area contributed by atoms with Crippen molar-refractivity contribution in [3.63, 3.8) is 0 Å². The lowest BCUT2D eigenvalue weighted by atomic mass is 10.1. The zero-order valence-electron chi connectivity index (χ0n) is 7.57. The summed E-state index contributed by atoms with van der Waals surface area (Å²) in [5.74, 6) is 0. The molecule has 1 aromatic carbocycles. The molecule has 68 valence electrons. The summed E-state index contributed by atoms with van der Waals surface area (Å²) in [5, 5.41) is 9.75. The number of fused-ring (bicyclic) bond motifs is 1. The number of aldehydes is 1. The number of nitriles is 1. The molecule has 2 nitrogen and oxygen atoms in total. The SMILES string of the molecule is Cc1cc(C#N)cc2cc(C=O)sc12. The van der Waals surface area contributed by atoms with Crippen LogP contribution in [0.2, 0.25) is 0 Å². The van der Waals surface area contributed by atoms with Gasteiger partial charge < -0.3 is 0 Å². The van der Waals surface area contributed by atoms with Gasteiger partial charge in [0.2, 0.25) is 0 Å². The molecule has 0 atom stereocenters. The van der Waals surface area contributed by atoms with E-state index in [4.69, 9.17) is 5.26 Å². The number of benzene rings is 1. The molecule has 2 aromatic rings. The fourth-order valence-electron chi connectivity index (χ4n) is 1.47. The second-order valence-electron chi connectivity index (χ2n) is 3.09. The minimum absolute atomic E-state index is 0.644. The van der Waals surface area contributed by atoms with Crippen LogP contribution in [-0.4, -0.2) is 6.29 Å². The van der Waals surface area contributed by atoms with Crippen LogP contribution in [-0.2, 0) is 0 Å². The van der Waals surface area contributed by atoms with Gasteiger partial charge in [-0.3, -0.25) is 4.79 Å². The first-order valence-electron chi connectivity index (χ1n) is 4.14. The maximum absolute atomic E-state index is 10.6. The van der Waals surface area contributed by atoms with Crippen LogP contribution in [0.3, 0.4) is 0 Å². The molecular formula is C11H7NOS. The molecule has 0 fully saturated rings. The van der Waals surface area contributed by atoms with Crippen molar-refractivity contribution in [2.24, 2.45) is 0 Å². The molecule has 0 aliphatic heterocycles. The summed E-state index contributed by atoms with van der Waals surface area (Å²) in [6, 6.07) is 7.58. The Morgan fingerprint density at radius 1 is 1.43 bits per heavy atom. The average molecular weight is 201 g/mol. The van der Waals surface area contributed by atoms with E-state index in [9.17, 15) is 4.79 Å². The molecule has 0 saturated carbocycles. The Bertz CT molecular complexity index is 548. The smallest absolute Gasteiger partial charge is 0.160 e. The number of aryl methyl sites for hydroxylation is 1. The zero-order valence-corrected chi connectivity index (χ0v) is 8.39. The van der Waals surface area contributed by atoms with Crippen LogP contribution in [0.4, 0.5) is 0 Å². The lowest BCUT2D eigenvalue weighted by Gasteiger charge is -1.95. The van der Waals surface area contributed by atoms with Crippen molar-refractivity contribution in [3.8, 4) is 6.07 Å². The molecule has 0 N–H and O–H groups in total. The molecule has 1 heterocycles. The van der Waals surface area contributed by atoms with Gasteiger partial charge in [-0.05, 0) is 36.1 Å². The standard InChI is InChI=1S/C11H7NOS/c1-7-2-8(5-12)3-9-4-10(6-13)14-11(7)9/h2-4,6H,1H3. The summed E-state index contributed by atoms with van der Waals surface area (Å²) >= 11 is 1.47. The maximum atomic E-state index is 10.6. The van der Waals surface area contributed by atoms with E-state index in [0.717, 1.165) is 21.9 Å². The molecule has 0 radical (unpaired) electrons. The highest BCUT2D eigenvalue weighted by Crippen LogP contribution is 2.28. The zero-order chi connectivity index (χ0) is 10.1. The molecule has 0 saturated heterocycles. The van der Waals surface area contributed by atoms with Crippen LogP contribution in [0.5, 0.6) is 0 Å². The predicted octanol–water partition coefficient (Wildman–Crippen LogP) is 2.89. The van der Waals surface area contributed by atoms with Gasteiger partial charge in [-0.1, -0.05) is 0 Å². The van der Waals surface area contributed by atoms with Gasteiger partial charge in [0, 0.05) is 4.70 Å². The molecule has 0 bridgehead atoms. The van der Waals surface area contributed by atoms with Crippen LogP contribution in [0.25, 0.3) is 10.1 Å². The van der Waals surface area contributed by atoms with Gasteiger partial charge in [0.25, 0.3) is 0 Å². The Labute approximate surface area is 85.4 Å². The number of nitrogens with zero attached hydrogens (tertiary/aromatic N) is 1. The summed E-state index contributed by atoms with van der Waals surface area (Å²) < 4.78 is 1.09. The highest BCUT2D eigenvalue weighted by Gasteiger charge is 2.05. The van der Waals surface area contributed by atoms with Crippen molar-refractivity contribution in [1.82, 2.24) is 0 Å². The van der Waals surface area contributed by atoms with E-state index in [1.54, 1.807) is 0 Å². The third-order valence-corrected chi connectivity index (χ3v) is 3.28. The normalized spacial score (nSPS) is 10.0.